The number of fused-ring (bicyclic) bond motifs is 1. The van der Waals surface area contributed by atoms with Crippen molar-refractivity contribution in [1.29, 1.82) is 0 Å². The van der Waals surface area contributed by atoms with Crippen LogP contribution in [0.3, 0.4) is 0 Å². The highest BCUT2D eigenvalue weighted by atomic mass is 32.2. The fraction of sp³-hybridized carbons (Fsp3) is 0.333. The molecule has 1 aliphatic rings. The smallest absolute Gasteiger partial charge is 0.306 e. The molecule has 0 unspecified atom stereocenters. The van der Waals surface area contributed by atoms with E-state index >= 15 is 0 Å². The van der Waals surface area contributed by atoms with E-state index in [2.05, 4.69) is 20.8 Å². The molecule has 0 saturated carbocycles. The van der Waals surface area contributed by atoms with Crippen molar-refractivity contribution in [2.45, 2.75) is 31.1 Å². The third-order valence-corrected chi connectivity index (χ3v) is 5.18. The maximum atomic E-state index is 12.6. The summed E-state index contributed by atoms with van der Waals surface area (Å²) in [5.74, 6) is -0.411. The molecule has 0 aliphatic carbocycles. The number of rotatable bonds is 3. The molecular formula is C12H11F3N6O3S. The number of anilines is 1. The number of carbonyl (C=O) groups is 1. The number of carbonyl (C=O) groups excluding carboxylic acids is 1. The Kier molecular flexibility index (Phi) is 3.89. The van der Waals surface area contributed by atoms with Crippen LogP contribution in [0.2, 0.25) is 0 Å². The summed E-state index contributed by atoms with van der Waals surface area (Å²) in [4.78, 5) is 12.0. The Morgan fingerprint density at radius 1 is 1.28 bits per heavy atom. The Hall–Kier alpha value is -2.70. The van der Waals surface area contributed by atoms with E-state index in [0.29, 0.717) is 8.99 Å². The maximum Gasteiger partial charge on any atom is 0.408 e. The van der Waals surface area contributed by atoms with Crippen LogP contribution >= 0.6 is 0 Å². The van der Waals surface area contributed by atoms with Crippen LogP contribution in [0.5, 0.6) is 0 Å². The number of benzene rings is 1. The standard InChI is InChI=1S/C12H11F3N6O3S/c1-7-2-3-9-8(4-7)16-11(22)21(25(9,23)24)5-10-17-18-19-20(10)6-12(13,14)15/h2-4H,5-6H2,1H3,(H,16,22). The average molecular weight is 376 g/mol. The number of halogens is 3. The van der Waals surface area contributed by atoms with Gasteiger partial charge in [-0.3, -0.25) is 0 Å². The molecule has 134 valence electrons. The van der Waals surface area contributed by atoms with Crippen LogP contribution in [0.4, 0.5) is 23.7 Å². The van der Waals surface area contributed by atoms with Crippen LogP contribution in [0, 0.1) is 6.92 Å². The molecular weight excluding hydrogens is 365 g/mol. The second-order valence-corrected chi connectivity index (χ2v) is 7.14. The number of sulfonamides is 1. The zero-order chi connectivity index (χ0) is 18.4. The van der Waals surface area contributed by atoms with Gasteiger partial charge in [0.2, 0.25) is 0 Å². The fourth-order valence-electron chi connectivity index (χ4n) is 2.29. The van der Waals surface area contributed by atoms with Crippen molar-refractivity contribution in [2.75, 3.05) is 5.32 Å². The van der Waals surface area contributed by atoms with Gasteiger partial charge in [0.1, 0.15) is 18.0 Å². The van der Waals surface area contributed by atoms with Gasteiger partial charge in [-0.15, -0.1) is 5.10 Å². The summed E-state index contributed by atoms with van der Waals surface area (Å²) in [6, 6.07) is 3.33. The summed E-state index contributed by atoms with van der Waals surface area (Å²) in [6.07, 6.45) is -4.60. The molecule has 2 aromatic rings. The summed E-state index contributed by atoms with van der Waals surface area (Å²) >= 11 is 0. The molecule has 13 heteroatoms. The molecule has 25 heavy (non-hydrogen) atoms. The first-order valence-electron chi connectivity index (χ1n) is 6.84. The van der Waals surface area contributed by atoms with Gasteiger partial charge in [0.25, 0.3) is 10.0 Å². The first kappa shape index (κ1) is 17.1. The molecule has 0 atom stereocenters. The van der Waals surface area contributed by atoms with E-state index in [-0.39, 0.29) is 10.6 Å². The highest BCUT2D eigenvalue weighted by Crippen LogP contribution is 2.31. The predicted octanol–water partition coefficient (Wildman–Crippen LogP) is 1.28. The first-order valence-corrected chi connectivity index (χ1v) is 8.28. The number of amides is 2. The van der Waals surface area contributed by atoms with E-state index in [1.807, 2.05) is 0 Å². The van der Waals surface area contributed by atoms with Crippen molar-refractivity contribution < 1.29 is 26.4 Å². The van der Waals surface area contributed by atoms with Crippen LogP contribution in [0.25, 0.3) is 0 Å². The number of hydrogen-bond donors (Lipinski definition) is 1. The largest absolute Gasteiger partial charge is 0.408 e. The lowest BCUT2D eigenvalue weighted by atomic mass is 10.2. The molecule has 0 spiro atoms. The second kappa shape index (κ2) is 5.68. The number of alkyl halides is 3. The minimum Gasteiger partial charge on any atom is -0.306 e. The molecule has 1 N–H and O–H groups in total. The van der Waals surface area contributed by atoms with Gasteiger partial charge >= 0.3 is 12.2 Å². The molecule has 0 saturated heterocycles. The zero-order valence-corrected chi connectivity index (χ0v) is 13.5. The number of aryl methyl sites for hydroxylation is 1. The Labute approximate surface area is 139 Å². The van der Waals surface area contributed by atoms with Gasteiger partial charge in [-0.1, -0.05) is 6.07 Å². The zero-order valence-electron chi connectivity index (χ0n) is 12.6. The molecule has 2 amide bonds. The first-order chi connectivity index (χ1) is 11.6. The normalized spacial score (nSPS) is 16.5. The van der Waals surface area contributed by atoms with E-state index < -0.39 is 41.1 Å². The number of tetrazole rings is 1. The number of nitrogens with zero attached hydrogens (tertiary/aromatic N) is 5. The Bertz CT molecular complexity index is 940. The van der Waals surface area contributed by atoms with Crippen LogP contribution in [0.1, 0.15) is 11.4 Å². The molecule has 1 aliphatic heterocycles. The molecule has 0 radical (unpaired) electrons. The van der Waals surface area contributed by atoms with Crippen molar-refractivity contribution in [2.24, 2.45) is 0 Å². The van der Waals surface area contributed by atoms with Crippen LogP contribution < -0.4 is 5.32 Å². The van der Waals surface area contributed by atoms with Gasteiger partial charge in [-0.05, 0) is 35.0 Å². The van der Waals surface area contributed by atoms with E-state index in [9.17, 15) is 26.4 Å². The average Bonchev–Trinajstić information content (AvgIpc) is 2.88. The quantitative estimate of drug-likeness (QED) is 0.864. The lowest BCUT2D eigenvalue weighted by molar-refractivity contribution is -0.143. The van der Waals surface area contributed by atoms with E-state index in [1.165, 1.54) is 12.1 Å². The number of nitrogens with one attached hydrogen (secondary N) is 1. The number of aromatic nitrogens is 4. The third-order valence-electron chi connectivity index (χ3n) is 3.39. The Morgan fingerprint density at radius 2 is 2.00 bits per heavy atom. The van der Waals surface area contributed by atoms with Crippen LogP contribution in [-0.2, 0) is 23.1 Å². The van der Waals surface area contributed by atoms with Crippen molar-refractivity contribution >= 4 is 21.7 Å². The van der Waals surface area contributed by atoms with Crippen LogP contribution in [0.15, 0.2) is 23.1 Å². The topological polar surface area (TPSA) is 110 Å². The van der Waals surface area contributed by atoms with Gasteiger partial charge in [-0.2, -0.15) is 13.2 Å². The Morgan fingerprint density at radius 3 is 2.68 bits per heavy atom. The lowest BCUT2D eigenvalue weighted by Crippen LogP contribution is -2.44. The van der Waals surface area contributed by atoms with Crippen LogP contribution in [-0.4, -0.2) is 45.1 Å². The molecule has 1 aromatic heterocycles. The number of hydrogen-bond acceptors (Lipinski definition) is 6. The van der Waals surface area contributed by atoms with E-state index in [0.717, 1.165) is 5.56 Å². The second-order valence-electron chi connectivity index (χ2n) is 5.31. The van der Waals surface area contributed by atoms with E-state index in [4.69, 9.17) is 0 Å². The summed E-state index contributed by atoms with van der Waals surface area (Å²) in [7, 11) is -4.25. The molecule has 9 nitrogen and oxygen atoms in total. The lowest BCUT2D eigenvalue weighted by Gasteiger charge is -2.28. The minimum absolute atomic E-state index is 0.108. The molecule has 3 rings (SSSR count). The highest BCUT2D eigenvalue weighted by molar-refractivity contribution is 7.90. The van der Waals surface area contributed by atoms with Crippen molar-refractivity contribution in [1.82, 2.24) is 24.5 Å². The Balaban J connectivity index is 1.95. The molecule has 0 bridgehead atoms. The van der Waals surface area contributed by atoms with Gasteiger partial charge in [-0.25, -0.2) is 22.2 Å². The monoisotopic (exact) mass is 376 g/mol. The third kappa shape index (κ3) is 3.26. The minimum atomic E-state index is -4.60. The SMILES string of the molecule is Cc1ccc2c(c1)NC(=O)N(Cc1nnnn1CC(F)(F)F)S2(=O)=O. The van der Waals surface area contributed by atoms with Crippen molar-refractivity contribution in [3.05, 3.63) is 29.6 Å². The number of urea groups is 1. The predicted molar refractivity (Wildman–Crippen MR) is 76.8 cm³/mol. The maximum absolute atomic E-state index is 12.6. The summed E-state index contributed by atoms with van der Waals surface area (Å²) in [6.45, 7) is -0.512. The summed E-state index contributed by atoms with van der Waals surface area (Å²) in [5, 5.41) is 12.1. The summed E-state index contributed by atoms with van der Waals surface area (Å²) < 4.78 is 63.6. The van der Waals surface area contributed by atoms with Gasteiger partial charge in [0, 0.05) is 0 Å². The van der Waals surface area contributed by atoms with Gasteiger partial charge < -0.3 is 5.32 Å². The highest BCUT2D eigenvalue weighted by Gasteiger charge is 2.38. The van der Waals surface area contributed by atoms with Gasteiger partial charge in [0.05, 0.1) is 5.69 Å². The van der Waals surface area contributed by atoms with E-state index in [1.54, 1.807) is 13.0 Å². The van der Waals surface area contributed by atoms with Crippen molar-refractivity contribution in [3.63, 3.8) is 0 Å². The fourth-order valence-corrected chi connectivity index (χ4v) is 3.70. The summed E-state index contributed by atoms with van der Waals surface area (Å²) in [5.41, 5.74) is 0.841. The molecule has 0 fully saturated rings. The molecule has 2 heterocycles. The molecule has 1 aromatic carbocycles. The van der Waals surface area contributed by atoms with Gasteiger partial charge in [0.15, 0.2) is 5.82 Å². The van der Waals surface area contributed by atoms with Crippen molar-refractivity contribution in [3.8, 4) is 0 Å².